The van der Waals surface area contributed by atoms with Gasteiger partial charge in [0.25, 0.3) is 0 Å². The molecule has 1 rings (SSSR count). The van der Waals surface area contributed by atoms with Crippen LogP contribution in [-0.2, 0) is 20.0 Å². The fourth-order valence-electron chi connectivity index (χ4n) is 1.47. The van der Waals surface area contributed by atoms with Crippen LogP contribution in [0, 0.1) is 0 Å². The molecule has 0 radical (unpaired) electrons. The van der Waals surface area contributed by atoms with E-state index < -0.39 is 20.0 Å². The maximum Gasteiger partial charge on any atom is 0.243 e. The number of benzene rings is 1. The summed E-state index contributed by atoms with van der Waals surface area (Å²) >= 11 is 0. The Bertz CT molecular complexity index is 660. The highest BCUT2D eigenvalue weighted by Crippen LogP contribution is 2.22. The quantitative estimate of drug-likeness (QED) is 0.667. The molecule has 3 N–H and O–H groups in total. The Hall–Kier alpha value is -0.710. The number of halogens is 1. The van der Waals surface area contributed by atoms with Gasteiger partial charge in [0.05, 0.1) is 0 Å². The van der Waals surface area contributed by atoms with Gasteiger partial charge < -0.3 is 5.73 Å². The molecule has 0 bridgehead atoms. The van der Waals surface area contributed by atoms with Crippen LogP contribution in [0.25, 0.3) is 0 Å². The average molecular weight is 358 g/mol. The molecule has 21 heavy (non-hydrogen) atoms. The second-order valence-electron chi connectivity index (χ2n) is 4.27. The molecule has 0 aromatic heterocycles. The zero-order valence-corrected chi connectivity index (χ0v) is 14.3. The van der Waals surface area contributed by atoms with Gasteiger partial charge in [0, 0.05) is 20.6 Å². The Kier molecular flexibility index (Phi) is 7.79. The Morgan fingerprint density at radius 2 is 1.62 bits per heavy atom. The van der Waals surface area contributed by atoms with Gasteiger partial charge in [-0.05, 0) is 25.1 Å². The van der Waals surface area contributed by atoms with Crippen LogP contribution in [0.15, 0.2) is 34.1 Å². The molecule has 10 heteroatoms. The molecular weight excluding hydrogens is 338 g/mol. The van der Waals surface area contributed by atoms with Crippen LogP contribution >= 0.6 is 12.4 Å². The van der Waals surface area contributed by atoms with Crippen molar-refractivity contribution in [1.29, 1.82) is 0 Å². The lowest BCUT2D eigenvalue weighted by Crippen LogP contribution is -2.30. The minimum absolute atomic E-state index is 0. The van der Waals surface area contributed by atoms with Crippen molar-refractivity contribution in [1.82, 2.24) is 9.03 Å². The van der Waals surface area contributed by atoms with E-state index in [0.717, 1.165) is 4.31 Å². The van der Waals surface area contributed by atoms with Crippen molar-refractivity contribution in [3.63, 3.8) is 0 Å². The van der Waals surface area contributed by atoms with Crippen molar-refractivity contribution in [2.75, 3.05) is 27.2 Å². The zero-order valence-electron chi connectivity index (χ0n) is 11.8. The van der Waals surface area contributed by atoms with Crippen LogP contribution in [0.3, 0.4) is 0 Å². The molecule has 0 spiro atoms. The average Bonchev–Trinajstić information content (AvgIpc) is 2.38. The fourth-order valence-corrected chi connectivity index (χ4v) is 4.24. The van der Waals surface area contributed by atoms with E-state index in [9.17, 15) is 16.8 Å². The largest absolute Gasteiger partial charge is 0.330 e. The molecule has 0 aliphatic rings. The van der Waals surface area contributed by atoms with Gasteiger partial charge in [0.15, 0.2) is 0 Å². The summed E-state index contributed by atoms with van der Waals surface area (Å²) in [5, 5.41) is 0. The number of sulfonamides is 2. The van der Waals surface area contributed by atoms with Crippen molar-refractivity contribution in [2.24, 2.45) is 5.73 Å². The number of hydrogen-bond donors (Lipinski definition) is 2. The maximum atomic E-state index is 12.2. The topological polar surface area (TPSA) is 110 Å². The van der Waals surface area contributed by atoms with E-state index in [0.29, 0.717) is 13.0 Å². The number of hydrogen-bond acceptors (Lipinski definition) is 5. The molecule has 0 heterocycles. The number of nitrogens with zero attached hydrogens (tertiary/aromatic N) is 1. The predicted octanol–water partition coefficient (Wildman–Crippen LogP) is -0.0142. The van der Waals surface area contributed by atoms with Crippen molar-refractivity contribution in [3.8, 4) is 0 Å². The van der Waals surface area contributed by atoms with Crippen LogP contribution in [0.1, 0.15) is 6.42 Å². The van der Waals surface area contributed by atoms with Crippen molar-refractivity contribution < 1.29 is 16.8 Å². The Morgan fingerprint density at radius 1 is 1.10 bits per heavy atom. The summed E-state index contributed by atoms with van der Waals surface area (Å²) in [4.78, 5) is -0.504. The number of nitrogens with two attached hydrogens (primary N) is 1. The van der Waals surface area contributed by atoms with E-state index in [1.54, 1.807) is 0 Å². The minimum Gasteiger partial charge on any atom is -0.330 e. The third-order valence-corrected chi connectivity index (χ3v) is 6.09. The van der Waals surface area contributed by atoms with Crippen molar-refractivity contribution >= 4 is 32.5 Å². The van der Waals surface area contributed by atoms with Gasteiger partial charge in [-0.1, -0.05) is 12.1 Å². The zero-order chi connectivity index (χ0) is 15.4. The first kappa shape index (κ1) is 20.3. The van der Waals surface area contributed by atoms with Crippen LogP contribution < -0.4 is 10.5 Å². The molecule has 0 aliphatic carbocycles. The highest BCUT2D eigenvalue weighted by Gasteiger charge is 2.27. The molecule has 0 saturated heterocycles. The highest BCUT2D eigenvalue weighted by atomic mass is 35.5. The first-order valence-corrected chi connectivity index (χ1v) is 8.87. The molecule has 0 aliphatic heterocycles. The molecule has 0 unspecified atom stereocenters. The first-order chi connectivity index (χ1) is 9.23. The fraction of sp³-hybridized carbons (Fsp3) is 0.455. The van der Waals surface area contributed by atoms with Crippen LogP contribution in [0.5, 0.6) is 0 Å². The summed E-state index contributed by atoms with van der Waals surface area (Å²) in [7, 11) is -5.03. The normalized spacial score (nSPS) is 12.2. The summed E-state index contributed by atoms with van der Waals surface area (Å²) in [6, 6.07) is 5.50. The van der Waals surface area contributed by atoms with Gasteiger partial charge >= 0.3 is 0 Å². The van der Waals surface area contributed by atoms with E-state index in [-0.39, 0.29) is 28.7 Å². The Balaban J connectivity index is 0.00000400. The minimum atomic E-state index is -3.89. The lowest BCUT2D eigenvalue weighted by molar-refractivity contribution is 0.516. The predicted molar refractivity (Wildman–Crippen MR) is 83.4 cm³/mol. The first-order valence-electron chi connectivity index (χ1n) is 5.95. The highest BCUT2D eigenvalue weighted by molar-refractivity contribution is 7.92. The lowest BCUT2D eigenvalue weighted by atomic mass is 10.4. The van der Waals surface area contributed by atoms with E-state index in [2.05, 4.69) is 4.72 Å². The monoisotopic (exact) mass is 357 g/mol. The third-order valence-electron chi connectivity index (χ3n) is 2.57. The van der Waals surface area contributed by atoms with Gasteiger partial charge in [0.1, 0.15) is 9.79 Å². The van der Waals surface area contributed by atoms with E-state index in [1.165, 1.54) is 38.4 Å². The molecule has 0 atom stereocenters. The van der Waals surface area contributed by atoms with E-state index >= 15 is 0 Å². The standard InChI is InChI=1S/C11H19N3O4S2.ClH/c1-14(2)20(17,18)11-7-4-3-6-10(11)19(15,16)13-9-5-8-12;/h3-4,6-7,13H,5,8-9,12H2,1-2H3;1H. The molecule has 122 valence electrons. The maximum absolute atomic E-state index is 12.2. The lowest BCUT2D eigenvalue weighted by Gasteiger charge is -2.15. The van der Waals surface area contributed by atoms with Gasteiger partial charge in [-0.15, -0.1) is 12.4 Å². The van der Waals surface area contributed by atoms with E-state index in [4.69, 9.17) is 5.73 Å². The van der Waals surface area contributed by atoms with Gasteiger partial charge in [-0.25, -0.2) is 25.9 Å². The SMILES string of the molecule is CN(C)S(=O)(=O)c1ccccc1S(=O)(=O)NCCCN.Cl. The van der Waals surface area contributed by atoms with Crippen molar-refractivity contribution in [3.05, 3.63) is 24.3 Å². The third kappa shape index (κ3) is 4.90. The second kappa shape index (κ2) is 8.06. The molecular formula is C11H20ClN3O4S2. The summed E-state index contributed by atoms with van der Waals surface area (Å²) in [6.07, 6.45) is 0.474. The second-order valence-corrected chi connectivity index (χ2v) is 8.13. The van der Waals surface area contributed by atoms with Crippen LogP contribution in [0.4, 0.5) is 0 Å². The summed E-state index contributed by atoms with van der Waals surface area (Å²) in [5.74, 6) is 0. The Morgan fingerprint density at radius 3 is 2.10 bits per heavy atom. The number of nitrogens with one attached hydrogen (secondary N) is 1. The van der Waals surface area contributed by atoms with Gasteiger partial charge in [0.2, 0.25) is 20.0 Å². The van der Waals surface area contributed by atoms with Gasteiger partial charge in [-0.2, -0.15) is 0 Å². The molecule has 7 nitrogen and oxygen atoms in total. The summed E-state index contributed by atoms with van der Waals surface area (Å²) < 4.78 is 51.9. The summed E-state index contributed by atoms with van der Waals surface area (Å²) in [5.41, 5.74) is 5.30. The molecule has 0 fully saturated rings. The molecule has 1 aromatic carbocycles. The van der Waals surface area contributed by atoms with Crippen LogP contribution in [0.2, 0.25) is 0 Å². The smallest absolute Gasteiger partial charge is 0.243 e. The van der Waals surface area contributed by atoms with Crippen LogP contribution in [-0.4, -0.2) is 48.3 Å². The van der Waals surface area contributed by atoms with E-state index in [1.807, 2.05) is 0 Å². The molecule has 1 aromatic rings. The molecule has 0 amide bonds. The number of rotatable bonds is 7. The Labute approximate surface area is 132 Å². The van der Waals surface area contributed by atoms with Gasteiger partial charge in [-0.3, -0.25) is 0 Å². The van der Waals surface area contributed by atoms with Crippen molar-refractivity contribution in [2.45, 2.75) is 16.2 Å². The molecule has 0 saturated carbocycles. The summed E-state index contributed by atoms with van der Waals surface area (Å²) in [6.45, 7) is 0.509.